The third-order valence-corrected chi connectivity index (χ3v) is 4.87. The van der Waals surface area contributed by atoms with Crippen molar-refractivity contribution < 1.29 is 23.8 Å². The van der Waals surface area contributed by atoms with E-state index in [0.717, 1.165) is 16.5 Å². The van der Waals surface area contributed by atoms with Crippen molar-refractivity contribution in [2.24, 2.45) is 0 Å². The number of esters is 1. The maximum absolute atomic E-state index is 13.2. The number of ether oxygens (including phenoxy) is 3. The smallest absolute Gasteiger partial charge is 0.325 e. The number of aromatic amines is 1. The zero-order valence-electron chi connectivity index (χ0n) is 16.3. The van der Waals surface area contributed by atoms with Gasteiger partial charge in [0.1, 0.15) is 23.7 Å². The van der Waals surface area contributed by atoms with Crippen LogP contribution in [0, 0.1) is 0 Å². The van der Waals surface area contributed by atoms with Crippen LogP contribution in [0.3, 0.4) is 0 Å². The first-order valence-electron chi connectivity index (χ1n) is 8.81. The van der Waals surface area contributed by atoms with E-state index in [2.05, 4.69) is 4.98 Å². The van der Waals surface area contributed by atoms with Gasteiger partial charge in [-0.3, -0.25) is 9.59 Å². The van der Waals surface area contributed by atoms with Crippen molar-refractivity contribution in [1.82, 2.24) is 9.88 Å². The topological polar surface area (TPSA) is 80.9 Å². The van der Waals surface area contributed by atoms with E-state index in [1.165, 1.54) is 12.0 Å². The van der Waals surface area contributed by atoms with Crippen molar-refractivity contribution in [3.8, 4) is 11.5 Å². The Balaban J connectivity index is 1.97. The number of carbonyl (C=O) groups excluding carboxylic acids is 2. The van der Waals surface area contributed by atoms with Gasteiger partial charge in [0.15, 0.2) is 0 Å². The van der Waals surface area contributed by atoms with Crippen LogP contribution in [0.4, 0.5) is 0 Å². The molecule has 29 heavy (non-hydrogen) atoms. The van der Waals surface area contributed by atoms with Crippen LogP contribution in [-0.4, -0.2) is 49.6 Å². The molecule has 3 rings (SSSR count). The van der Waals surface area contributed by atoms with Crippen LogP contribution in [0.1, 0.15) is 16.1 Å². The molecule has 1 aromatic heterocycles. The van der Waals surface area contributed by atoms with Gasteiger partial charge in [0, 0.05) is 23.5 Å². The number of benzene rings is 2. The third-order valence-electron chi connectivity index (χ3n) is 4.48. The fourth-order valence-corrected chi connectivity index (χ4v) is 3.30. The quantitative estimate of drug-likeness (QED) is 0.594. The van der Waals surface area contributed by atoms with Gasteiger partial charge in [-0.25, -0.2) is 0 Å². The number of hydrogen-bond acceptors (Lipinski definition) is 5. The summed E-state index contributed by atoms with van der Waals surface area (Å²) < 4.78 is 15.3. The van der Waals surface area contributed by atoms with E-state index in [1.54, 1.807) is 32.4 Å². The molecule has 1 amide bonds. The molecule has 3 aromatic rings. The number of fused-ring (bicyclic) bond motifs is 1. The Morgan fingerprint density at radius 3 is 2.28 bits per heavy atom. The highest BCUT2D eigenvalue weighted by Gasteiger charge is 2.25. The number of rotatable bonds is 7. The number of carbonyl (C=O) groups is 2. The monoisotopic (exact) mass is 416 g/mol. The fraction of sp³-hybridized carbons (Fsp3) is 0.238. The average Bonchev–Trinajstić information content (AvgIpc) is 3.09. The Morgan fingerprint density at radius 1 is 1.03 bits per heavy atom. The normalized spacial score (nSPS) is 10.6. The molecular weight excluding hydrogens is 396 g/mol. The zero-order chi connectivity index (χ0) is 21.0. The summed E-state index contributed by atoms with van der Waals surface area (Å²) in [4.78, 5) is 29.6. The van der Waals surface area contributed by atoms with Gasteiger partial charge in [-0.15, -0.1) is 0 Å². The van der Waals surface area contributed by atoms with Gasteiger partial charge < -0.3 is 24.1 Å². The van der Waals surface area contributed by atoms with E-state index in [0.29, 0.717) is 16.5 Å². The van der Waals surface area contributed by atoms with Crippen molar-refractivity contribution in [2.75, 3.05) is 27.9 Å². The number of nitrogens with zero attached hydrogens (tertiary/aromatic N) is 1. The summed E-state index contributed by atoms with van der Waals surface area (Å²) in [6.07, 6.45) is 0. The van der Waals surface area contributed by atoms with Gasteiger partial charge in [-0.1, -0.05) is 29.8 Å². The number of halogens is 1. The van der Waals surface area contributed by atoms with Crippen LogP contribution in [0.25, 0.3) is 10.9 Å². The second-order valence-electron chi connectivity index (χ2n) is 6.32. The molecule has 0 aliphatic carbocycles. The highest BCUT2D eigenvalue weighted by atomic mass is 35.5. The fourth-order valence-electron chi connectivity index (χ4n) is 3.01. The molecule has 0 spiro atoms. The standard InChI is InChI=1S/C21H21ClN2O5/c1-27-14-8-13(9-15(10-14)28-2)11-24(12-18(25)29-3)21(26)20-19(22)16-6-4-5-7-17(16)23-20/h4-10,23H,11-12H2,1-3H3. The molecule has 0 saturated carbocycles. The lowest BCUT2D eigenvalue weighted by Crippen LogP contribution is -2.36. The molecule has 0 unspecified atom stereocenters. The second kappa shape index (κ2) is 8.87. The number of hydrogen-bond donors (Lipinski definition) is 1. The highest BCUT2D eigenvalue weighted by Crippen LogP contribution is 2.29. The summed E-state index contributed by atoms with van der Waals surface area (Å²) in [7, 11) is 4.36. The van der Waals surface area contributed by atoms with Gasteiger partial charge in [-0.2, -0.15) is 0 Å². The molecule has 0 atom stereocenters. The molecule has 1 N–H and O–H groups in total. The molecule has 8 heteroatoms. The molecule has 0 saturated heterocycles. The van der Waals surface area contributed by atoms with E-state index in [4.69, 9.17) is 25.8 Å². The molecule has 2 aromatic carbocycles. The summed E-state index contributed by atoms with van der Waals surface area (Å²) in [5, 5.41) is 1.04. The maximum atomic E-state index is 13.2. The first-order chi connectivity index (χ1) is 14.0. The van der Waals surface area contributed by atoms with Crippen LogP contribution >= 0.6 is 11.6 Å². The summed E-state index contributed by atoms with van der Waals surface area (Å²) in [6, 6.07) is 12.6. The van der Waals surface area contributed by atoms with Crippen LogP contribution in [0.15, 0.2) is 42.5 Å². The Morgan fingerprint density at radius 2 is 1.69 bits per heavy atom. The molecule has 1 heterocycles. The van der Waals surface area contributed by atoms with E-state index < -0.39 is 11.9 Å². The SMILES string of the molecule is COC(=O)CN(Cc1cc(OC)cc(OC)c1)C(=O)c1[nH]c2ccccc2c1Cl. The Bertz CT molecular complexity index is 1020. The minimum absolute atomic E-state index is 0.132. The third kappa shape index (κ3) is 4.46. The summed E-state index contributed by atoms with van der Waals surface area (Å²) in [6.45, 7) is -0.103. The minimum Gasteiger partial charge on any atom is -0.497 e. The lowest BCUT2D eigenvalue weighted by Gasteiger charge is -2.22. The maximum Gasteiger partial charge on any atom is 0.325 e. The van der Waals surface area contributed by atoms with Crippen molar-refractivity contribution >= 4 is 34.4 Å². The molecule has 0 bridgehead atoms. The molecule has 7 nitrogen and oxygen atoms in total. The number of methoxy groups -OCH3 is 3. The van der Waals surface area contributed by atoms with Gasteiger partial charge in [0.05, 0.1) is 26.4 Å². The molecule has 0 fully saturated rings. The molecular formula is C21H21ClN2O5. The minimum atomic E-state index is -0.541. The second-order valence-corrected chi connectivity index (χ2v) is 6.70. The lowest BCUT2D eigenvalue weighted by molar-refractivity contribution is -0.141. The first kappa shape index (κ1) is 20.5. The summed E-state index contributed by atoms with van der Waals surface area (Å²) >= 11 is 6.43. The molecule has 152 valence electrons. The molecule has 0 radical (unpaired) electrons. The van der Waals surface area contributed by atoms with Gasteiger partial charge in [-0.05, 0) is 23.8 Å². The first-order valence-corrected chi connectivity index (χ1v) is 9.18. The van der Waals surface area contributed by atoms with Crippen LogP contribution in [0.5, 0.6) is 11.5 Å². The van der Waals surface area contributed by atoms with Gasteiger partial charge >= 0.3 is 5.97 Å². The van der Waals surface area contributed by atoms with Crippen LogP contribution in [-0.2, 0) is 16.1 Å². The number of nitrogens with one attached hydrogen (secondary N) is 1. The largest absolute Gasteiger partial charge is 0.497 e. The average molecular weight is 417 g/mol. The summed E-state index contributed by atoms with van der Waals surface area (Å²) in [5.74, 6) is 0.195. The highest BCUT2D eigenvalue weighted by molar-refractivity contribution is 6.38. The molecule has 0 aliphatic rings. The lowest BCUT2D eigenvalue weighted by atomic mass is 10.1. The van der Waals surface area contributed by atoms with Crippen molar-refractivity contribution in [3.63, 3.8) is 0 Å². The zero-order valence-corrected chi connectivity index (χ0v) is 17.1. The Hall–Kier alpha value is -3.19. The number of aromatic nitrogens is 1. The number of amides is 1. The Kier molecular flexibility index (Phi) is 6.29. The Labute approximate surface area is 173 Å². The predicted octanol–water partition coefficient (Wildman–Crippen LogP) is 3.65. The van der Waals surface area contributed by atoms with E-state index in [1.807, 2.05) is 24.3 Å². The van der Waals surface area contributed by atoms with Crippen LogP contribution < -0.4 is 9.47 Å². The van der Waals surface area contributed by atoms with Gasteiger partial charge in [0.2, 0.25) is 0 Å². The number of H-pyrrole nitrogens is 1. The van der Waals surface area contributed by atoms with E-state index in [9.17, 15) is 9.59 Å². The number of para-hydroxylation sites is 1. The predicted molar refractivity (Wildman–Crippen MR) is 110 cm³/mol. The van der Waals surface area contributed by atoms with Crippen molar-refractivity contribution in [2.45, 2.75) is 6.54 Å². The molecule has 0 aliphatic heterocycles. The van der Waals surface area contributed by atoms with Crippen LogP contribution in [0.2, 0.25) is 5.02 Å². The van der Waals surface area contributed by atoms with Crippen molar-refractivity contribution in [3.05, 3.63) is 58.7 Å². The van der Waals surface area contributed by atoms with Gasteiger partial charge in [0.25, 0.3) is 5.91 Å². The van der Waals surface area contributed by atoms with Crippen molar-refractivity contribution in [1.29, 1.82) is 0 Å². The van der Waals surface area contributed by atoms with E-state index >= 15 is 0 Å². The summed E-state index contributed by atoms with van der Waals surface area (Å²) in [5.41, 5.74) is 1.68. The van der Waals surface area contributed by atoms with E-state index in [-0.39, 0.29) is 18.8 Å².